The number of methoxy groups -OCH3 is 1. The van der Waals surface area contributed by atoms with Crippen molar-refractivity contribution in [3.8, 4) is 5.75 Å². The average Bonchev–Trinajstić information content (AvgIpc) is 3.01. The highest BCUT2D eigenvalue weighted by atomic mass is 32.1. The van der Waals surface area contributed by atoms with E-state index in [1.165, 1.54) is 15.4 Å². The molecule has 0 saturated heterocycles. The summed E-state index contributed by atoms with van der Waals surface area (Å²) in [7, 11) is 1.69. The van der Waals surface area contributed by atoms with Crippen LogP contribution in [0.1, 0.15) is 54.7 Å². The first-order chi connectivity index (χ1) is 10.2. The van der Waals surface area contributed by atoms with Crippen molar-refractivity contribution in [3.63, 3.8) is 0 Å². The van der Waals surface area contributed by atoms with Gasteiger partial charge in [-0.2, -0.15) is 0 Å². The summed E-state index contributed by atoms with van der Waals surface area (Å²) in [4.78, 5) is 5.88. The molecule has 2 unspecified atom stereocenters. The maximum Gasteiger partial charge on any atom is 0.118 e. The third kappa shape index (κ3) is 4.05. The van der Waals surface area contributed by atoms with Crippen LogP contribution in [0.25, 0.3) is 0 Å². The minimum absolute atomic E-state index is 0.266. The Bertz CT molecular complexity index is 550. The van der Waals surface area contributed by atoms with Crippen molar-refractivity contribution in [2.45, 2.75) is 45.7 Å². The molecule has 0 saturated carbocycles. The summed E-state index contributed by atoms with van der Waals surface area (Å²) in [6, 6.07) is 8.89. The van der Waals surface area contributed by atoms with Crippen LogP contribution in [0.2, 0.25) is 0 Å². The van der Waals surface area contributed by atoms with E-state index >= 15 is 0 Å². The summed E-state index contributed by atoms with van der Waals surface area (Å²) in [5.74, 6) is 0.897. The zero-order valence-electron chi connectivity index (χ0n) is 13.2. The number of hydrogen-bond donors (Lipinski definition) is 1. The Balaban J connectivity index is 2.06. The predicted molar refractivity (Wildman–Crippen MR) is 89.1 cm³/mol. The molecule has 2 rings (SSSR count). The molecule has 1 aromatic carbocycles. The molecule has 2 atom stereocenters. The van der Waals surface area contributed by atoms with Gasteiger partial charge in [-0.3, -0.25) is 0 Å². The second kappa shape index (κ2) is 7.57. The van der Waals surface area contributed by atoms with Crippen LogP contribution in [0.15, 0.2) is 30.5 Å². The van der Waals surface area contributed by atoms with Crippen LogP contribution in [0.4, 0.5) is 0 Å². The summed E-state index contributed by atoms with van der Waals surface area (Å²) in [6.07, 6.45) is 4.09. The molecular formula is C17H24N2OS. The topological polar surface area (TPSA) is 34.2 Å². The molecule has 0 aliphatic rings. The molecule has 0 fully saturated rings. The van der Waals surface area contributed by atoms with Gasteiger partial charge in [0.15, 0.2) is 0 Å². The Hall–Kier alpha value is -1.39. The summed E-state index contributed by atoms with van der Waals surface area (Å²) in [5.41, 5.74) is 1.29. The second-order valence-corrected chi connectivity index (χ2v) is 6.29. The smallest absolute Gasteiger partial charge is 0.118 e. The molecule has 0 aliphatic carbocycles. The molecule has 2 aromatic rings. The van der Waals surface area contributed by atoms with Crippen LogP contribution in [-0.2, 0) is 6.42 Å². The summed E-state index contributed by atoms with van der Waals surface area (Å²) >= 11 is 1.80. The number of aromatic nitrogens is 1. The minimum Gasteiger partial charge on any atom is -0.497 e. The molecule has 1 heterocycles. The Labute approximate surface area is 131 Å². The summed E-state index contributed by atoms with van der Waals surface area (Å²) < 4.78 is 5.22. The molecule has 3 nitrogen and oxygen atoms in total. The number of aryl methyl sites for hydroxylation is 1. The predicted octanol–water partition coefficient (Wildman–Crippen LogP) is 4.52. The van der Waals surface area contributed by atoms with Crippen LogP contribution >= 0.6 is 11.3 Å². The highest BCUT2D eigenvalue weighted by molar-refractivity contribution is 7.11. The maximum atomic E-state index is 5.22. The molecule has 0 aliphatic heterocycles. The molecule has 114 valence electrons. The van der Waals surface area contributed by atoms with Crippen molar-refractivity contribution < 1.29 is 4.74 Å². The Morgan fingerprint density at radius 2 is 1.95 bits per heavy atom. The van der Waals surface area contributed by atoms with Crippen molar-refractivity contribution >= 4 is 11.3 Å². The van der Waals surface area contributed by atoms with E-state index < -0.39 is 0 Å². The SMILES string of the molecule is CCc1cnc(C(C)NC(CC)c2ccc(OC)cc2)s1. The van der Waals surface area contributed by atoms with Crippen LogP contribution in [0.3, 0.4) is 0 Å². The van der Waals surface area contributed by atoms with E-state index in [1.807, 2.05) is 18.3 Å². The number of hydrogen-bond acceptors (Lipinski definition) is 4. The molecule has 0 amide bonds. The third-order valence-electron chi connectivity index (χ3n) is 3.67. The Kier molecular flexibility index (Phi) is 5.76. The van der Waals surface area contributed by atoms with Crippen LogP contribution < -0.4 is 10.1 Å². The zero-order valence-corrected chi connectivity index (χ0v) is 14.0. The van der Waals surface area contributed by atoms with Gasteiger partial charge in [0, 0.05) is 17.1 Å². The molecule has 1 N–H and O–H groups in total. The van der Waals surface area contributed by atoms with Gasteiger partial charge in [-0.1, -0.05) is 26.0 Å². The van der Waals surface area contributed by atoms with Gasteiger partial charge in [0.25, 0.3) is 0 Å². The maximum absolute atomic E-state index is 5.22. The van der Waals surface area contributed by atoms with Crippen molar-refractivity contribution in [2.24, 2.45) is 0 Å². The third-order valence-corrected chi connectivity index (χ3v) is 4.99. The van der Waals surface area contributed by atoms with Crippen molar-refractivity contribution in [2.75, 3.05) is 7.11 Å². The number of ether oxygens (including phenoxy) is 1. The van der Waals surface area contributed by atoms with E-state index in [1.54, 1.807) is 18.4 Å². The number of rotatable bonds is 7. The Morgan fingerprint density at radius 1 is 1.24 bits per heavy atom. The molecule has 0 radical (unpaired) electrons. The van der Waals surface area contributed by atoms with Gasteiger partial charge >= 0.3 is 0 Å². The van der Waals surface area contributed by atoms with Gasteiger partial charge in [-0.05, 0) is 37.5 Å². The number of nitrogens with zero attached hydrogens (tertiary/aromatic N) is 1. The first-order valence-corrected chi connectivity index (χ1v) is 8.34. The lowest BCUT2D eigenvalue weighted by molar-refractivity contribution is 0.413. The standard InChI is InChI=1S/C17H24N2OS/c1-5-15-11-18-17(21-15)12(3)19-16(6-2)13-7-9-14(20-4)10-8-13/h7-12,16,19H,5-6H2,1-4H3. The van der Waals surface area contributed by atoms with Crippen LogP contribution in [-0.4, -0.2) is 12.1 Å². The van der Waals surface area contributed by atoms with Gasteiger partial charge in [0.2, 0.25) is 0 Å². The molecule has 21 heavy (non-hydrogen) atoms. The quantitative estimate of drug-likeness (QED) is 0.817. The first-order valence-electron chi connectivity index (χ1n) is 7.52. The number of nitrogens with one attached hydrogen (secondary N) is 1. The molecular weight excluding hydrogens is 280 g/mol. The fourth-order valence-corrected chi connectivity index (χ4v) is 3.21. The summed E-state index contributed by atoms with van der Waals surface area (Å²) in [5, 5.41) is 4.85. The van der Waals surface area contributed by atoms with E-state index in [9.17, 15) is 0 Å². The normalized spacial score (nSPS) is 13.9. The summed E-state index contributed by atoms with van der Waals surface area (Å²) in [6.45, 7) is 6.56. The number of benzene rings is 1. The van der Waals surface area contributed by atoms with Gasteiger partial charge in [0.05, 0.1) is 13.2 Å². The van der Waals surface area contributed by atoms with E-state index in [-0.39, 0.29) is 6.04 Å². The van der Waals surface area contributed by atoms with Crippen molar-refractivity contribution in [1.82, 2.24) is 10.3 Å². The van der Waals surface area contributed by atoms with Crippen LogP contribution in [0, 0.1) is 0 Å². The zero-order chi connectivity index (χ0) is 15.2. The van der Waals surface area contributed by atoms with Crippen molar-refractivity contribution in [3.05, 3.63) is 45.9 Å². The molecule has 0 bridgehead atoms. The fourth-order valence-electron chi connectivity index (χ4n) is 2.35. The van der Waals surface area contributed by atoms with Gasteiger partial charge in [0.1, 0.15) is 10.8 Å². The van der Waals surface area contributed by atoms with Gasteiger partial charge in [-0.25, -0.2) is 4.98 Å². The number of thiazole rings is 1. The van der Waals surface area contributed by atoms with E-state index in [0.29, 0.717) is 6.04 Å². The van der Waals surface area contributed by atoms with Gasteiger partial charge in [-0.15, -0.1) is 11.3 Å². The van der Waals surface area contributed by atoms with Crippen molar-refractivity contribution in [1.29, 1.82) is 0 Å². The lowest BCUT2D eigenvalue weighted by Gasteiger charge is -2.21. The highest BCUT2D eigenvalue weighted by Crippen LogP contribution is 2.26. The highest BCUT2D eigenvalue weighted by Gasteiger charge is 2.16. The van der Waals surface area contributed by atoms with E-state index in [0.717, 1.165) is 18.6 Å². The molecule has 1 aromatic heterocycles. The van der Waals surface area contributed by atoms with E-state index in [2.05, 4.69) is 43.2 Å². The Morgan fingerprint density at radius 3 is 2.48 bits per heavy atom. The average molecular weight is 304 g/mol. The minimum atomic E-state index is 0.266. The molecule has 4 heteroatoms. The molecule has 0 spiro atoms. The van der Waals surface area contributed by atoms with E-state index in [4.69, 9.17) is 4.74 Å². The first kappa shape index (κ1) is 16.0. The van der Waals surface area contributed by atoms with Gasteiger partial charge < -0.3 is 10.1 Å². The lowest BCUT2D eigenvalue weighted by atomic mass is 10.0. The fraction of sp³-hybridized carbons (Fsp3) is 0.471. The lowest BCUT2D eigenvalue weighted by Crippen LogP contribution is -2.24. The van der Waals surface area contributed by atoms with Crippen LogP contribution in [0.5, 0.6) is 5.75 Å². The second-order valence-electron chi connectivity index (χ2n) is 5.14. The monoisotopic (exact) mass is 304 g/mol. The largest absolute Gasteiger partial charge is 0.497 e.